The molecule has 1 amide bonds. The third-order valence-corrected chi connectivity index (χ3v) is 2.73. The second-order valence-corrected chi connectivity index (χ2v) is 5.43. The van der Waals surface area contributed by atoms with Crippen LogP contribution in [-0.2, 0) is 14.3 Å². The van der Waals surface area contributed by atoms with E-state index in [1.165, 1.54) is 0 Å². The predicted octanol–water partition coefficient (Wildman–Crippen LogP) is 0.714. The van der Waals surface area contributed by atoms with Gasteiger partial charge in [-0.15, -0.1) is 0 Å². The summed E-state index contributed by atoms with van der Waals surface area (Å²) in [7, 11) is 1.62. The molecule has 0 radical (unpaired) electrons. The van der Waals surface area contributed by atoms with E-state index in [2.05, 4.69) is 5.32 Å². The monoisotopic (exact) mass is 274 g/mol. The van der Waals surface area contributed by atoms with Crippen molar-refractivity contribution < 1.29 is 19.4 Å². The number of carboxylic acids is 1. The quantitative estimate of drug-likeness (QED) is 0.606. The zero-order valence-electron chi connectivity index (χ0n) is 12.4. The number of rotatable bonds is 9. The third kappa shape index (κ3) is 9.44. The second-order valence-electron chi connectivity index (χ2n) is 5.43. The van der Waals surface area contributed by atoms with Crippen LogP contribution in [0.5, 0.6) is 0 Å². The molecule has 0 saturated carbocycles. The van der Waals surface area contributed by atoms with Gasteiger partial charge in [-0.2, -0.15) is 0 Å². The lowest BCUT2D eigenvalue weighted by Crippen LogP contribution is -2.48. The molecular formula is C13H26N2O4. The fourth-order valence-corrected chi connectivity index (χ4v) is 1.56. The summed E-state index contributed by atoms with van der Waals surface area (Å²) < 4.78 is 4.90. The lowest BCUT2D eigenvalue weighted by atomic mass is 10.1. The molecule has 0 aromatic heterocycles. The van der Waals surface area contributed by atoms with Crippen LogP contribution in [0.15, 0.2) is 0 Å². The Morgan fingerprint density at radius 3 is 2.42 bits per heavy atom. The summed E-state index contributed by atoms with van der Waals surface area (Å²) >= 11 is 0. The Morgan fingerprint density at radius 1 is 1.32 bits per heavy atom. The zero-order valence-corrected chi connectivity index (χ0v) is 12.4. The number of hydrogen-bond donors (Lipinski definition) is 2. The first-order valence-electron chi connectivity index (χ1n) is 6.50. The minimum absolute atomic E-state index is 0.0359. The van der Waals surface area contributed by atoms with Crippen LogP contribution in [0.25, 0.3) is 0 Å². The molecule has 0 bridgehead atoms. The molecule has 0 aromatic rings. The molecule has 0 heterocycles. The average molecular weight is 274 g/mol. The van der Waals surface area contributed by atoms with E-state index in [9.17, 15) is 9.59 Å². The van der Waals surface area contributed by atoms with Crippen molar-refractivity contribution in [3.8, 4) is 0 Å². The summed E-state index contributed by atoms with van der Waals surface area (Å²) in [4.78, 5) is 24.3. The Kier molecular flexibility index (Phi) is 8.34. The fourth-order valence-electron chi connectivity index (χ4n) is 1.56. The van der Waals surface area contributed by atoms with Crippen molar-refractivity contribution in [2.45, 2.75) is 39.2 Å². The molecule has 0 saturated heterocycles. The van der Waals surface area contributed by atoms with E-state index in [4.69, 9.17) is 9.84 Å². The van der Waals surface area contributed by atoms with E-state index in [-0.39, 0.29) is 24.4 Å². The Morgan fingerprint density at radius 2 is 1.95 bits per heavy atom. The summed E-state index contributed by atoms with van der Waals surface area (Å²) in [6.45, 7) is 7.66. The minimum Gasteiger partial charge on any atom is -0.481 e. The fraction of sp³-hybridized carbons (Fsp3) is 0.846. The number of ether oxygens (including phenoxy) is 1. The molecule has 0 aliphatic rings. The van der Waals surface area contributed by atoms with Gasteiger partial charge in [-0.3, -0.25) is 14.5 Å². The van der Waals surface area contributed by atoms with E-state index < -0.39 is 5.97 Å². The summed E-state index contributed by atoms with van der Waals surface area (Å²) in [5.74, 6) is -0.939. The van der Waals surface area contributed by atoms with Crippen molar-refractivity contribution in [1.82, 2.24) is 10.2 Å². The smallest absolute Gasteiger partial charge is 0.304 e. The van der Waals surface area contributed by atoms with Crippen LogP contribution in [-0.4, -0.2) is 60.8 Å². The van der Waals surface area contributed by atoms with Gasteiger partial charge < -0.3 is 15.2 Å². The first-order valence-corrected chi connectivity index (χ1v) is 6.50. The number of carbonyl (C=O) groups excluding carboxylic acids is 1. The first kappa shape index (κ1) is 17.9. The number of methoxy groups -OCH3 is 1. The molecule has 0 unspecified atom stereocenters. The van der Waals surface area contributed by atoms with Gasteiger partial charge in [0.05, 0.1) is 13.0 Å². The van der Waals surface area contributed by atoms with Gasteiger partial charge >= 0.3 is 5.97 Å². The number of nitrogens with one attached hydrogen (secondary N) is 1. The second kappa shape index (κ2) is 8.87. The molecule has 0 atom stereocenters. The van der Waals surface area contributed by atoms with Gasteiger partial charge in [0.1, 0.15) is 0 Å². The number of amides is 1. The van der Waals surface area contributed by atoms with Crippen LogP contribution in [0.4, 0.5) is 0 Å². The van der Waals surface area contributed by atoms with Crippen LogP contribution >= 0.6 is 0 Å². The highest BCUT2D eigenvalue weighted by atomic mass is 16.5. The average Bonchev–Trinajstić information content (AvgIpc) is 2.28. The summed E-state index contributed by atoms with van der Waals surface area (Å²) in [6, 6.07) is 0. The van der Waals surface area contributed by atoms with E-state index in [0.717, 1.165) is 6.42 Å². The van der Waals surface area contributed by atoms with Crippen molar-refractivity contribution in [1.29, 1.82) is 0 Å². The van der Waals surface area contributed by atoms with Gasteiger partial charge in [0.25, 0.3) is 0 Å². The Balaban J connectivity index is 4.16. The van der Waals surface area contributed by atoms with Gasteiger partial charge in [0, 0.05) is 32.3 Å². The molecule has 6 heteroatoms. The van der Waals surface area contributed by atoms with Crippen molar-refractivity contribution in [2.75, 3.05) is 33.4 Å². The van der Waals surface area contributed by atoms with Crippen molar-refractivity contribution in [3.63, 3.8) is 0 Å². The van der Waals surface area contributed by atoms with Crippen molar-refractivity contribution in [2.24, 2.45) is 0 Å². The standard InChI is InChI=1S/C13H26N2O4/c1-13(2,3)15(8-6-12(17)18)10-11(16)14-7-5-9-19-4/h5-10H2,1-4H3,(H,14,16)(H,17,18). The predicted molar refractivity (Wildman–Crippen MR) is 73.1 cm³/mol. The molecule has 0 fully saturated rings. The topological polar surface area (TPSA) is 78.9 Å². The summed E-state index contributed by atoms with van der Waals surface area (Å²) in [5, 5.41) is 11.5. The zero-order chi connectivity index (χ0) is 14.9. The number of carbonyl (C=O) groups is 2. The maximum absolute atomic E-state index is 11.8. The highest BCUT2D eigenvalue weighted by molar-refractivity contribution is 5.78. The number of nitrogens with zero attached hydrogens (tertiary/aromatic N) is 1. The summed E-state index contributed by atoms with van der Waals surface area (Å²) in [5.41, 5.74) is -0.237. The molecular weight excluding hydrogens is 248 g/mol. The normalized spacial score (nSPS) is 11.6. The number of carboxylic acid groups (broad SMARTS) is 1. The van der Waals surface area contributed by atoms with E-state index in [1.807, 2.05) is 25.7 Å². The molecule has 0 rings (SSSR count). The molecule has 112 valence electrons. The lowest BCUT2D eigenvalue weighted by molar-refractivity contribution is -0.138. The maximum Gasteiger partial charge on any atom is 0.304 e. The van der Waals surface area contributed by atoms with Gasteiger partial charge in [-0.1, -0.05) is 0 Å². The van der Waals surface area contributed by atoms with Crippen LogP contribution in [0.3, 0.4) is 0 Å². The van der Waals surface area contributed by atoms with Gasteiger partial charge in [0.2, 0.25) is 5.91 Å². The minimum atomic E-state index is -0.852. The lowest BCUT2D eigenvalue weighted by Gasteiger charge is -2.34. The van der Waals surface area contributed by atoms with E-state index in [1.54, 1.807) is 7.11 Å². The van der Waals surface area contributed by atoms with Crippen LogP contribution in [0.2, 0.25) is 0 Å². The molecule has 2 N–H and O–H groups in total. The van der Waals surface area contributed by atoms with Crippen molar-refractivity contribution >= 4 is 11.9 Å². The van der Waals surface area contributed by atoms with E-state index in [0.29, 0.717) is 19.7 Å². The SMILES string of the molecule is COCCCNC(=O)CN(CCC(=O)O)C(C)(C)C. The van der Waals surface area contributed by atoms with Crippen LogP contribution in [0.1, 0.15) is 33.6 Å². The highest BCUT2D eigenvalue weighted by Gasteiger charge is 2.23. The van der Waals surface area contributed by atoms with Gasteiger partial charge in [-0.25, -0.2) is 0 Å². The Labute approximate surface area is 115 Å². The Hall–Kier alpha value is -1.14. The largest absolute Gasteiger partial charge is 0.481 e. The maximum atomic E-state index is 11.8. The van der Waals surface area contributed by atoms with Crippen LogP contribution < -0.4 is 5.32 Å². The van der Waals surface area contributed by atoms with Gasteiger partial charge in [-0.05, 0) is 27.2 Å². The van der Waals surface area contributed by atoms with Gasteiger partial charge in [0.15, 0.2) is 0 Å². The Bertz CT molecular complexity index is 287. The summed E-state index contributed by atoms with van der Waals surface area (Å²) in [6.07, 6.45) is 0.807. The third-order valence-electron chi connectivity index (χ3n) is 2.73. The molecule has 19 heavy (non-hydrogen) atoms. The molecule has 0 spiro atoms. The molecule has 0 aliphatic heterocycles. The molecule has 0 aromatic carbocycles. The van der Waals surface area contributed by atoms with Crippen LogP contribution in [0, 0.1) is 0 Å². The number of aliphatic carboxylic acids is 1. The molecule has 6 nitrogen and oxygen atoms in total. The van der Waals surface area contributed by atoms with E-state index >= 15 is 0 Å². The molecule has 0 aliphatic carbocycles. The number of hydrogen-bond acceptors (Lipinski definition) is 4. The van der Waals surface area contributed by atoms with Crippen molar-refractivity contribution in [3.05, 3.63) is 0 Å². The highest BCUT2D eigenvalue weighted by Crippen LogP contribution is 2.13. The first-order chi connectivity index (χ1) is 8.77.